The lowest BCUT2D eigenvalue weighted by Gasteiger charge is -2.47. The van der Waals surface area contributed by atoms with Gasteiger partial charge >= 0.3 is 6.18 Å². The van der Waals surface area contributed by atoms with Crippen molar-refractivity contribution in [3.63, 3.8) is 0 Å². The maximum Gasteiger partial charge on any atom is 0.389 e. The Bertz CT molecular complexity index is 678. The first-order valence-corrected chi connectivity index (χ1v) is 10.0. The second-order valence-electron chi connectivity index (χ2n) is 7.79. The highest BCUT2D eigenvalue weighted by atomic mass is 19.4. The van der Waals surface area contributed by atoms with Crippen LogP contribution in [0.15, 0.2) is 30.3 Å². The molecule has 7 heteroatoms. The topological polar surface area (TPSA) is 40.6 Å². The fourth-order valence-corrected chi connectivity index (χ4v) is 4.39. The monoisotopic (exact) mass is 396 g/mol. The van der Waals surface area contributed by atoms with Crippen LogP contribution in [-0.2, 0) is 16.0 Å². The van der Waals surface area contributed by atoms with Gasteiger partial charge in [0.05, 0.1) is 6.42 Å². The molecule has 28 heavy (non-hydrogen) atoms. The van der Waals surface area contributed by atoms with E-state index in [0.29, 0.717) is 38.9 Å². The summed E-state index contributed by atoms with van der Waals surface area (Å²) in [6, 6.07) is 9.83. The zero-order valence-electron chi connectivity index (χ0n) is 16.0. The van der Waals surface area contributed by atoms with Crippen LogP contribution in [0.4, 0.5) is 13.2 Å². The number of piperidine rings is 2. The van der Waals surface area contributed by atoms with E-state index in [-0.39, 0.29) is 17.9 Å². The van der Waals surface area contributed by atoms with E-state index < -0.39 is 24.9 Å². The molecule has 1 aromatic carbocycles. The predicted molar refractivity (Wildman–Crippen MR) is 99.5 cm³/mol. The number of alkyl halides is 3. The van der Waals surface area contributed by atoms with Gasteiger partial charge in [-0.2, -0.15) is 13.2 Å². The van der Waals surface area contributed by atoms with Crippen molar-refractivity contribution in [2.24, 2.45) is 5.92 Å². The summed E-state index contributed by atoms with van der Waals surface area (Å²) in [7, 11) is 0. The van der Waals surface area contributed by atoms with Gasteiger partial charge < -0.3 is 9.80 Å². The van der Waals surface area contributed by atoms with E-state index >= 15 is 0 Å². The Labute approximate surface area is 163 Å². The maximum atomic E-state index is 12.6. The van der Waals surface area contributed by atoms with E-state index in [0.717, 1.165) is 18.4 Å². The number of hydrogen-bond donors (Lipinski definition) is 0. The highest BCUT2D eigenvalue weighted by Crippen LogP contribution is 2.32. The Morgan fingerprint density at radius 2 is 1.75 bits per heavy atom. The molecule has 2 atom stereocenters. The molecule has 0 aromatic heterocycles. The van der Waals surface area contributed by atoms with E-state index in [2.05, 4.69) is 0 Å². The third kappa shape index (κ3) is 5.49. The molecule has 2 aliphatic rings. The van der Waals surface area contributed by atoms with Crippen molar-refractivity contribution in [3.05, 3.63) is 35.9 Å². The Morgan fingerprint density at radius 3 is 2.46 bits per heavy atom. The zero-order valence-corrected chi connectivity index (χ0v) is 16.0. The van der Waals surface area contributed by atoms with Crippen LogP contribution in [0, 0.1) is 5.92 Å². The van der Waals surface area contributed by atoms with Gasteiger partial charge in [-0.05, 0) is 37.2 Å². The predicted octanol–water partition coefficient (Wildman–Crippen LogP) is 3.80. The Morgan fingerprint density at radius 1 is 1.00 bits per heavy atom. The van der Waals surface area contributed by atoms with Gasteiger partial charge in [-0.1, -0.05) is 30.3 Å². The highest BCUT2D eigenvalue weighted by molar-refractivity contribution is 5.78. The fourth-order valence-electron chi connectivity index (χ4n) is 4.39. The summed E-state index contributed by atoms with van der Waals surface area (Å²) in [5.74, 6) is -0.128. The van der Waals surface area contributed by atoms with Crippen molar-refractivity contribution < 1.29 is 22.8 Å². The minimum absolute atomic E-state index is 0.0346. The summed E-state index contributed by atoms with van der Waals surface area (Å²) < 4.78 is 37.3. The molecule has 1 aromatic rings. The van der Waals surface area contributed by atoms with E-state index in [4.69, 9.17) is 0 Å². The lowest BCUT2D eigenvalue weighted by atomic mass is 9.83. The zero-order chi connectivity index (χ0) is 20.1. The van der Waals surface area contributed by atoms with Gasteiger partial charge in [0.2, 0.25) is 11.8 Å². The van der Waals surface area contributed by atoms with Gasteiger partial charge in [-0.15, -0.1) is 0 Å². The number of amides is 2. The number of hydrogen-bond acceptors (Lipinski definition) is 2. The molecule has 2 aliphatic heterocycles. The molecule has 0 unspecified atom stereocenters. The molecule has 2 saturated heterocycles. The average Bonchev–Trinajstić information content (AvgIpc) is 2.69. The molecular weight excluding hydrogens is 369 g/mol. The standard InChI is InChI=1S/C21H27F3N2O2/c22-21(23,24)12-10-20(28)26-13-4-7-17-15-25(14-11-18(17)26)19(27)9-8-16-5-2-1-3-6-16/h1-3,5-6,17-18H,4,7-15H2/t17-,18-/m1/s1. The van der Waals surface area contributed by atoms with Crippen LogP contribution in [0.25, 0.3) is 0 Å². The normalized spacial score (nSPS) is 22.7. The molecule has 0 N–H and O–H groups in total. The molecule has 154 valence electrons. The summed E-state index contributed by atoms with van der Waals surface area (Å²) in [6.07, 6.45) is -2.35. The summed E-state index contributed by atoms with van der Waals surface area (Å²) in [5, 5.41) is 0. The second-order valence-corrected chi connectivity index (χ2v) is 7.79. The van der Waals surface area contributed by atoms with Crippen LogP contribution in [-0.4, -0.2) is 53.5 Å². The molecule has 2 heterocycles. The van der Waals surface area contributed by atoms with Crippen LogP contribution in [0.5, 0.6) is 0 Å². The number of likely N-dealkylation sites (tertiary alicyclic amines) is 2. The van der Waals surface area contributed by atoms with Crippen molar-refractivity contribution in [3.8, 4) is 0 Å². The van der Waals surface area contributed by atoms with Gasteiger partial charge in [-0.3, -0.25) is 9.59 Å². The molecular formula is C21H27F3N2O2. The lowest BCUT2D eigenvalue weighted by Crippen LogP contribution is -2.56. The van der Waals surface area contributed by atoms with Gasteiger partial charge in [0.15, 0.2) is 0 Å². The van der Waals surface area contributed by atoms with Crippen molar-refractivity contribution in [2.75, 3.05) is 19.6 Å². The van der Waals surface area contributed by atoms with Crippen LogP contribution < -0.4 is 0 Å². The van der Waals surface area contributed by atoms with E-state index in [1.165, 1.54) is 0 Å². The van der Waals surface area contributed by atoms with Gasteiger partial charge in [0, 0.05) is 38.5 Å². The van der Waals surface area contributed by atoms with E-state index in [9.17, 15) is 22.8 Å². The number of halogens is 3. The Balaban J connectivity index is 1.52. The van der Waals surface area contributed by atoms with Crippen LogP contribution in [0.1, 0.15) is 44.1 Å². The minimum atomic E-state index is -4.31. The molecule has 0 aliphatic carbocycles. The van der Waals surface area contributed by atoms with Crippen LogP contribution in [0.2, 0.25) is 0 Å². The Hall–Kier alpha value is -2.05. The van der Waals surface area contributed by atoms with Crippen LogP contribution in [0.3, 0.4) is 0 Å². The molecule has 2 fully saturated rings. The molecule has 0 radical (unpaired) electrons. The summed E-state index contributed by atoms with van der Waals surface area (Å²) in [4.78, 5) is 28.4. The number of nitrogens with zero attached hydrogens (tertiary/aromatic N) is 2. The van der Waals surface area contributed by atoms with Crippen LogP contribution >= 0.6 is 0 Å². The highest BCUT2D eigenvalue weighted by Gasteiger charge is 2.39. The largest absolute Gasteiger partial charge is 0.389 e. The van der Waals surface area contributed by atoms with Gasteiger partial charge in [-0.25, -0.2) is 0 Å². The minimum Gasteiger partial charge on any atom is -0.342 e. The van der Waals surface area contributed by atoms with Crippen molar-refractivity contribution >= 4 is 11.8 Å². The molecule has 0 saturated carbocycles. The van der Waals surface area contributed by atoms with Crippen molar-refractivity contribution in [2.45, 2.75) is 57.2 Å². The number of rotatable bonds is 5. The fraction of sp³-hybridized carbons (Fsp3) is 0.619. The number of fused-ring (bicyclic) bond motifs is 1. The number of carbonyl (C=O) groups is 2. The summed E-state index contributed by atoms with van der Waals surface area (Å²) in [5.41, 5.74) is 1.13. The van der Waals surface area contributed by atoms with E-state index in [1.807, 2.05) is 35.2 Å². The quantitative estimate of drug-likeness (QED) is 0.760. The number of benzene rings is 1. The summed E-state index contributed by atoms with van der Waals surface area (Å²) in [6.45, 7) is 1.69. The molecule has 0 spiro atoms. The maximum absolute atomic E-state index is 12.6. The first-order valence-electron chi connectivity index (χ1n) is 10.0. The first-order chi connectivity index (χ1) is 13.3. The lowest BCUT2D eigenvalue weighted by molar-refractivity contribution is -0.154. The summed E-state index contributed by atoms with van der Waals surface area (Å²) >= 11 is 0. The smallest absolute Gasteiger partial charge is 0.342 e. The second kappa shape index (κ2) is 8.97. The van der Waals surface area contributed by atoms with Gasteiger partial charge in [0.25, 0.3) is 0 Å². The number of carbonyl (C=O) groups excluding carboxylic acids is 2. The van der Waals surface area contributed by atoms with Crippen molar-refractivity contribution in [1.29, 1.82) is 0 Å². The van der Waals surface area contributed by atoms with E-state index in [1.54, 1.807) is 4.90 Å². The molecule has 0 bridgehead atoms. The van der Waals surface area contributed by atoms with Gasteiger partial charge in [0.1, 0.15) is 0 Å². The average molecular weight is 396 g/mol. The first kappa shape index (κ1) is 20.7. The molecule has 2 amide bonds. The molecule has 3 rings (SSSR count). The Kier molecular flexibility index (Phi) is 6.62. The van der Waals surface area contributed by atoms with Crippen molar-refractivity contribution in [1.82, 2.24) is 9.80 Å². The number of aryl methyl sites for hydroxylation is 1. The third-order valence-electron chi connectivity index (χ3n) is 5.83. The third-order valence-corrected chi connectivity index (χ3v) is 5.83. The molecule has 4 nitrogen and oxygen atoms in total. The SMILES string of the molecule is O=C(CCc1ccccc1)N1CC[C@@H]2[C@H](CCCN2C(=O)CCC(F)(F)F)C1.